The fourth-order valence-electron chi connectivity index (χ4n) is 1.85. The maximum atomic E-state index is 12.1. The van der Waals surface area contributed by atoms with Crippen LogP contribution in [0.4, 0.5) is 0 Å². The van der Waals surface area contributed by atoms with Crippen LogP contribution in [0.2, 0.25) is 0 Å². The molecule has 1 unspecified atom stereocenters. The molecule has 0 aliphatic carbocycles. The molecule has 1 aliphatic heterocycles. The second kappa shape index (κ2) is 5.76. The van der Waals surface area contributed by atoms with Crippen molar-refractivity contribution in [3.8, 4) is 0 Å². The summed E-state index contributed by atoms with van der Waals surface area (Å²) in [6.45, 7) is 0.780. The fraction of sp³-hybridized carbons (Fsp3) is 0.600. The third kappa shape index (κ3) is 3.06. The molecule has 0 radical (unpaired) electrons. The van der Waals surface area contributed by atoms with E-state index in [0.29, 0.717) is 12.3 Å². The molecular weight excluding hydrogens is 254 g/mol. The Labute approximate surface area is 108 Å². The zero-order valence-electron chi connectivity index (χ0n) is 10.2. The van der Waals surface area contributed by atoms with Crippen LogP contribution in [0.3, 0.4) is 0 Å². The zero-order chi connectivity index (χ0) is 13.8. The lowest BCUT2D eigenvalue weighted by atomic mass is 10.2. The van der Waals surface area contributed by atoms with Gasteiger partial charge in [0.15, 0.2) is 6.04 Å². The molecule has 0 bridgehead atoms. The Hall–Kier alpha value is -2.00. The molecule has 3 N–H and O–H groups in total. The van der Waals surface area contributed by atoms with Crippen molar-refractivity contribution in [1.82, 2.24) is 19.9 Å². The zero-order valence-corrected chi connectivity index (χ0v) is 10.2. The summed E-state index contributed by atoms with van der Waals surface area (Å²) in [7, 11) is 0. The van der Waals surface area contributed by atoms with Crippen LogP contribution in [0.15, 0.2) is 6.20 Å². The minimum absolute atomic E-state index is 0.00643. The lowest BCUT2D eigenvalue weighted by molar-refractivity contribution is -0.158. The van der Waals surface area contributed by atoms with Crippen molar-refractivity contribution in [1.29, 1.82) is 0 Å². The van der Waals surface area contributed by atoms with E-state index in [2.05, 4.69) is 10.3 Å². The normalized spacial score (nSPS) is 19.4. The van der Waals surface area contributed by atoms with Crippen LogP contribution in [0.1, 0.15) is 5.69 Å². The van der Waals surface area contributed by atoms with Gasteiger partial charge in [0, 0.05) is 13.1 Å². The highest BCUT2D eigenvalue weighted by Crippen LogP contribution is 2.08. The van der Waals surface area contributed by atoms with Gasteiger partial charge in [0.2, 0.25) is 5.91 Å². The predicted molar refractivity (Wildman–Crippen MR) is 61.9 cm³/mol. The molecule has 1 aromatic rings. The number of carbonyl (C=O) groups excluding carboxylic acids is 1. The molecule has 9 heteroatoms. The molecule has 2 rings (SSSR count). The van der Waals surface area contributed by atoms with E-state index in [1.807, 2.05) is 0 Å². The first-order valence-corrected chi connectivity index (χ1v) is 5.81. The van der Waals surface area contributed by atoms with Crippen LogP contribution in [0.25, 0.3) is 0 Å². The fourth-order valence-corrected chi connectivity index (χ4v) is 1.85. The molecule has 9 nitrogen and oxygen atoms in total. The Bertz CT molecular complexity index is 474. The molecule has 0 saturated carbocycles. The van der Waals surface area contributed by atoms with Gasteiger partial charge in [0.25, 0.3) is 0 Å². The van der Waals surface area contributed by atoms with Crippen molar-refractivity contribution in [2.75, 3.05) is 19.8 Å². The Kier molecular flexibility index (Phi) is 4.07. The van der Waals surface area contributed by atoms with Crippen LogP contribution < -0.4 is 5.73 Å². The number of nitrogens with zero attached hydrogens (tertiary/aromatic N) is 4. The summed E-state index contributed by atoms with van der Waals surface area (Å²) in [6, 6.07) is -0.946. The van der Waals surface area contributed by atoms with Gasteiger partial charge < -0.3 is 20.5 Å². The van der Waals surface area contributed by atoms with Gasteiger partial charge in [-0.25, -0.2) is 9.48 Å². The standard InChI is InChI=1S/C10H15N5O4/c11-3-7-4-14(13-12-7)5-9(16)15-1-2-19-6-8(15)10(17)18/h4,8H,1-3,5-6,11H2,(H,17,18). The number of aliphatic carboxylic acids is 1. The number of carboxylic acids is 1. The van der Waals surface area contributed by atoms with E-state index < -0.39 is 12.0 Å². The number of hydrogen-bond acceptors (Lipinski definition) is 6. The average molecular weight is 269 g/mol. The van der Waals surface area contributed by atoms with E-state index in [-0.39, 0.29) is 32.1 Å². The predicted octanol–water partition coefficient (Wildman–Crippen LogP) is -1.95. The number of amides is 1. The van der Waals surface area contributed by atoms with Crippen molar-refractivity contribution in [3.05, 3.63) is 11.9 Å². The van der Waals surface area contributed by atoms with Crippen molar-refractivity contribution in [3.63, 3.8) is 0 Å². The quantitative estimate of drug-likeness (QED) is 0.651. The minimum atomic E-state index is -1.07. The third-order valence-electron chi connectivity index (χ3n) is 2.83. The number of hydrogen-bond donors (Lipinski definition) is 2. The second-order valence-electron chi connectivity index (χ2n) is 4.13. The van der Waals surface area contributed by atoms with Gasteiger partial charge in [0.05, 0.1) is 25.1 Å². The van der Waals surface area contributed by atoms with E-state index in [9.17, 15) is 9.59 Å². The number of morpholine rings is 1. The smallest absolute Gasteiger partial charge is 0.328 e. The van der Waals surface area contributed by atoms with Crippen molar-refractivity contribution in [2.45, 2.75) is 19.1 Å². The Morgan fingerprint density at radius 1 is 1.58 bits per heavy atom. The SMILES string of the molecule is NCc1cn(CC(=O)N2CCOCC2C(=O)O)nn1. The highest BCUT2D eigenvalue weighted by molar-refractivity contribution is 5.83. The van der Waals surface area contributed by atoms with Gasteiger partial charge in [-0.05, 0) is 0 Å². The minimum Gasteiger partial charge on any atom is -0.480 e. The van der Waals surface area contributed by atoms with E-state index >= 15 is 0 Å². The largest absolute Gasteiger partial charge is 0.480 e. The maximum Gasteiger partial charge on any atom is 0.328 e. The van der Waals surface area contributed by atoms with Gasteiger partial charge in [-0.3, -0.25) is 4.79 Å². The number of rotatable bonds is 4. The molecule has 1 aliphatic rings. The van der Waals surface area contributed by atoms with Crippen LogP contribution in [0, 0.1) is 0 Å². The number of carboxylic acid groups (broad SMARTS) is 1. The van der Waals surface area contributed by atoms with Crippen molar-refractivity contribution >= 4 is 11.9 Å². The third-order valence-corrected chi connectivity index (χ3v) is 2.83. The number of carbonyl (C=O) groups is 2. The first-order valence-electron chi connectivity index (χ1n) is 5.81. The van der Waals surface area contributed by atoms with Crippen LogP contribution in [-0.2, 0) is 27.4 Å². The second-order valence-corrected chi connectivity index (χ2v) is 4.13. The Morgan fingerprint density at radius 2 is 2.37 bits per heavy atom. The maximum absolute atomic E-state index is 12.1. The van der Waals surface area contributed by atoms with Gasteiger partial charge in [0.1, 0.15) is 6.54 Å². The lowest BCUT2D eigenvalue weighted by Crippen LogP contribution is -2.53. The average Bonchev–Trinajstić information content (AvgIpc) is 2.86. The number of nitrogens with two attached hydrogens (primary N) is 1. The van der Waals surface area contributed by atoms with E-state index in [1.54, 1.807) is 6.20 Å². The highest BCUT2D eigenvalue weighted by atomic mass is 16.5. The Morgan fingerprint density at radius 3 is 3.00 bits per heavy atom. The monoisotopic (exact) mass is 269 g/mol. The first-order chi connectivity index (χ1) is 9.11. The van der Waals surface area contributed by atoms with Crippen LogP contribution in [-0.4, -0.2) is 62.7 Å². The molecule has 19 heavy (non-hydrogen) atoms. The summed E-state index contributed by atoms with van der Waals surface area (Å²) in [6.07, 6.45) is 1.56. The van der Waals surface area contributed by atoms with Crippen molar-refractivity contribution < 1.29 is 19.4 Å². The summed E-state index contributed by atoms with van der Waals surface area (Å²) in [4.78, 5) is 24.4. The molecule has 1 atom stereocenters. The van der Waals surface area contributed by atoms with Gasteiger partial charge in [-0.15, -0.1) is 5.10 Å². The summed E-state index contributed by atoms with van der Waals surface area (Å²) in [5, 5.41) is 16.6. The molecular formula is C10H15N5O4. The summed E-state index contributed by atoms with van der Waals surface area (Å²) >= 11 is 0. The molecule has 1 aromatic heterocycles. The van der Waals surface area contributed by atoms with Gasteiger partial charge in [-0.1, -0.05) is 5.21 Å². The number of aromatic nitrogens is 3. The first kappa shape index (κ1) is 13.4. The lowest BCUT2D eigenvalue weighted by Gasteiger charge is -2.32. The van der Waals surface area contributed by atoms with E-state index in [0.717, 1.165) is 0 Å². The molecule has 0 aromatic carbocycles. The highest BCUT2D eigenvalue weighted by Gasteiger charge is 2.32. The molecule has 1 fully saturated rings. The van der Waals surface area contributed by atoms with Crippen LogP contribution >= 0.6 is 0 Å². The summed E-state index contributed by atoms with van der Waals surface area (Å²) in [5.74, 6) is -1.40. The molecule has 0 spiro atoms. The topological polar surface area (TPSA) is 124 Å². The van der Waals surface area contributed by atoms with Gasteiger partial charge in [-0.2, -0.15) is 0 Å². The van der Waals surface area contributed by atoms with E-state index in [1.165, 1.54) is 9.58 Å². The molecule has 1 amide bonds. The number of ether oxygens (including phenoxy) is 1. The molecule has 2 heterocycles. The summed E-state index contributed by atoms with van der Waals surface area (Å²) < 4.78 is 6.42. The van der Waals surface area contributed by atoms with E-state index in [4.69, 9.17) is 15.6 Å². The summed E-state index contributed by atoms with van der Waals surface area (Å²) in [5.41, 5.74) is 5.97. The van der Waals surface area contributed by atoms with Crippen LogP contribution in [0.5, 0.6) is 0 Å². The molecule has 1 saturated heterocycles. The van der Waals surface area contributed by atoms with Crippen molar-refractivity contribution in [2.24, 2.45) is 5.73 Å². The molecule has 104 valence electrons. The Balaban J connectivity index is 2.03. The van der Waals surface area contributed by atoms with Gasteiger partial charge >= 0.3 is 5.97 Å².